The maximum Gasteiger partial charge on any atom is 0.0993 e. The van der Waals surface area contributed by atoms with Crippen molar-refractivity contribution < 1.29 is 5.11 Å². The molecule has 0 saturated heterocycles. The zero-order valence-corrected chi connectivity index (χ0v) is 7.92. The molecule has 68 valence electrons. The molecule has 0 unspecified atom stereocenters. The highest BCUT2D eigenvalue weighted by atomic mass is 32.2. The smallest absolute Gasteiger partial charge is 0.0993 e. The number of nitriles is 1. The van der Waals surface area contributed by atoms with Crippen LogP contribution in [-0.2, 0) is 0 Å². The number of thioether (sulfide) groups is 1. The Bertz CT molecular complexity index is 309. The van der Waals surface area contributed by atoms with Gasteiger partial charge in [-0.1, -0.05) is 0 Å². The van der Waals surface area contributed by atoms with Crippen LogP contribution in [0.5, 0.6) is 0 Å². The molecule has 0 radical (unpaired) electrons. The third-order valence-electron chi connectivity index (χ3n) is 1.42. The van der Waals surface area contributed by atoms with E-state index in [1.54, 1.807) is 30.1 Å². The molecule has 0 aliphatic carbocycles. The normalized spacial score (nSPS) is 9.54. The Morgan fingerprint density at radius 2 is 2.46 bits per heavy atom. The Labute approximate surface area is 81.4 Å². The van der Waals surface area contributed by atoms with Crippen LogP contribution in [0.1, 0.15) is 12.0 Å². The van der Waals surface area contributed by atoms with Crippen LogP contribution in [0.15, 0.2) is 23.4 Å². The molecule has 0 fully saturated rings. The Morgan fingerprint density at radius 1 is 1.62 bits per heavy atom. The standard InChI is InChI=1S/C9H10N2OS/c10-7-8-2-3-11-9(6-8)13-5-1-4-12/h2-3,6,12H,1,4-5H2. The van der Waals surface area contributed by atoms with E-state index in [-0.39, 0.29) is 6.61 Å². The highest BCUT2D eigenvalue weighted by molar-refractivity contribution is 7.99. The monoisotopic (exact) mass is 194 g/mol. The van der Waals surface area contributed by atoms with Gasteiger partial charge in [0.25, 0.3) is 0 Å². The molecule has 4 heteroatoms. The second-order valence-electron chi connectivity index (χ2n) is 2.42. The van der Waals surface area contributed by atoms with Gasteiger partial charge in [0.2, 0.25) is 0 Å². The number of aromatic nitrogens is 1. The van der Waals surface area contributed by atoms with Crippen LogP contribution in [0, 0.1) is 11.3 Å². The molecule has 0 aliphatic heterocycles. The minimum Gasteiger partial charge on any atom is -0.396 e. The number of hydrogen-bond donors (Lipinski definition) is 1. The molecule has 13 heavy (non-hydrogen) atoms. The predicted molar refractivity (Wildman–Crippen MR) is 51.4 cm³/mol. The number of rotatable bonds is 4. The van der Waals surface area contributed by atoms with Gasteiger partial charge < -0.3 is 5.11 Å². The Hall–Kier alpha value is -1.05. The van der Waals surface area contributed by atoms with Crippen LogP contribution in [0.2, 0.25) is 0 Å². The average Bonchev–Trinajstić information content (AvgIpc) is 2.19. The van der Waals surface area contributed by atoms with Crippen molar-refractivity contribution in [2.24, 2.45) is 0 Å². The lowest BCUT2D eigenvalue weighted by Gasteiger charge is -1.98. The lowest BCUT2D eigenvalue weighted by Crippen LogP contribution is -1.87. The van der Waals surface area contributed by atoms with Crippen molar-refractivity contribution in [3.63, 3.8) is 0 Å². The number of nitrogens with zero attached hydrogens (tertiary/aromatic N) is 2. The van der Waals surface area contributed by atoms with E-state index in [9.17, 15) is 0 Å². The Kier molecular flexibility index (Phi) is 4.30. The van der Waals surface area contributed by atoms with E-state index in [1.165, 1.54) is 0 Å². The summed E-state index contributed by atoms with van der Waals surface area (Å²) < 4.78 is 0. The zero-order chi connectivity index (χ0) is 9.52. The van der Waals surface area contributed by atoms with Gasteiger partial charge in [-0.05, 0) is 18.6 Å². The first-order valence-electron chi connectivity index (χ1n) is 3.96. The average molecular weight is 194 g/mol. The summed E-state index contributed by atoms with van der Waals surface area (Å²) in [6, 6.07) is 5.48. The summed E-state index contributed by atoms with van der Waals surface area (Å²) in [7, 11) is 0. The van der Waals surface area contributed by atoms with E-state index >= 15 is 0 Å². The lowest BCUT2D eigenvalue weighted by molar-refractivity contribution is 0.296. The molecule has 0 atom stereocenters. The lowest BCUT2D eigenvalue weighted by atomic mass is 10.3. The van der Waals surface area contributed by atoms with Gasteiger partial charge in [0.1, 0.15) is 0 Å². The van der Waals surface area contributed by atoms with Crippen LogP contribution < -0.4 is 0 Å². The Balaban J connectivity index is 2.52. The van der Waals surface area contributed by atoms with E-state index in [0.717, 1.165) is 17.2 Å². The maximum atomic E-state index is 8.61. The third-order valence-corrected chi connectivity index (χ3v) is 2.43. The molecule has 0 aliphatic rings. The minimum atomic E-state index is 0.199. The fourth-order valence-electron chi connectivity index (χ4n) is 0.799. The molecule has 0 spiro atoms. The number of aliphatic hydroxyl groups is 1. The topological polar surface area (TPSA) is 56.9 Å². The molecule has 0 bridgehead atoms. The van der Waals surface area contributed by atoms with Gasteiger partial charge in [0.05, 0.1) is 16.7 Å². The molecule has 1 aromatic rings. The third kappa shape index (κ3) is 3.45. The van der Waals surface area contributed by atoms with E-state index in [2.05, 4.69) is 11.1 Å². The van der Waals surface area contributed by atoms with Crippen molar-refractivity contribution in [3.05, 3.63) is 23.9 Å². The SMILES string of the molecule is N#Cc1ccnc(SCCCO)c1. The fourth-order valence-corrected chi connectivity index (χ4v) is 1.63. The van der Waals surface area contributed by atoms with Crippen LogP contribution in [-0.4, -0.2) is 22.5 Å². The summed E-state index contributed by atoms with van der Waals surface area (Å²) in [6.45, 7) is 0.199. The fraction of sp³-hybridized carbons (Fsp3) is 0.333. The second-order valence-corrected chi connectivity index (χ2v) is 3.54. The summed E-state index contributed by atoms with van der Waals surface area (Å²) in [4.78, 5) is 4.09. The van der Waals surface area contributed by atoms with Gasteiger partial charge in [-0.15, -0.1) is 11.8 Å². The molecule has 1 aromatic heterocycles. The van der Waals surface area contributed by atoms with Gasteiger partial charge in [-0.3, -0.25) is 0 Å². The molecular weight excluding hydrogens is 184 g/mol. The molecule has 3 nitrogen and oxygen atoms in total. The second kappa shape index (κ2) is 5.57. The van der Waals surface area contributed by atoms with Crippen LogP contribution in [0.3, 0.4) is 0 Å². The van der Waals surface area contributed by atoms with E-state index in [4.69, 9.17) is 10.4 Å². The first kappa shape index (κ1) is 10.0. The van der Waals surface area contributed by atoms with Crippen LogP contribution in [0.25, 0.3) is 0 Å². The van der Waals surface area contributed by atoms with E-state index < -0.39 is 0 Å². The van der Waals surface area contributed by atoms with E-state index in [0.29, 0.717) is 5.56 Å². The summed E-state index contributed by atoms with van der Waals surface area (Å²) in [5.41, 5.74) is 0.626. The first-order valence-corrected chi connectivity index (χ1v) is 4.95. The number of pyridine rings is 1. The summed E-state index contributed by atoms with van der Waals surface area (Å²) >= 11 is 1.55. The van der Waals surface area contributed by atoms with Crippen molar-refractivity contribution in [1.82, 2.24) is 4.98 Å². The van der Waals surface area contributed by atoms with Crippen molar-refractivity contribution >= 4 is 11.8 Å². The van der Waals surface area contributed by atoms with Gasteiger partial charge in [-0.25, -0.2) is 4.98 Å². The van der Waals surface area contributed by atoms with Crippen molar-refractivity contribution in [2.45, 2.75) is 11.4 Å². The molecular formula is C9H10N2OS. The van der Waals surface area contributed by atoms with Crippen molar-refractivity contribution in [1.29, 1.82) is 5.26 Å². The van der Waals surface area contributed by atoms with Gasteiger partial charge in [0.15, 0.2) is 0 Å². The highest BCUT2D eigenvalue weighted by Crippen LogP contribution is 2.16. The maximum absolute atomic E-state index is 8.61. The predicted octanol–water partition coefficient (Wildman–Crippen LogP) is 1.43. The number of aliphatic hydroxyl groups excluding tert-OH is 1. The van der Waals surface area contributed by atoms with Gasteiger partial charge >= 0.3 is 0 Å². The largest absolute Gasteiger partial charge is 0.396 e. The molecule has 1 N–H and O–H groups in total. The van der Waals surface area contributed by atoms with Crippen molar-refractivity contribution in [3.8, 4) is 6.07 Å². The zero-order valence-electron chi connectivity index (χ0n) is 7.10. The summed E-state index contributed by atoms with van der Waals surface area (Å²) in [6.07, 6.45) is 2.38. The summed E-state index contributed by atoms with van der Waals surface area (Å²) in [5, 5.41) is 18.0. The van der Waals surface area contributed by atoms with Gasteiger partial charge in [0, 0.05) is 18.6 Å². The first-order chi connectivity index (χ1) is 6.36. The number of hydrogen-bond acceptors (Lipinski definition) is 4. The van der Waals surface area contributed by atoms with Gasteiger partial charge in [-0.2, -0.15) is 5.26 Å². The molecule has 0 aromatic carbocycles. The highest BCUT2D eigenvalue weighted by Gasteiger charge is 1.96. The van der Waals surface area contributed by atoms with Crippen LogP contribution >= 0.6 is 11.8 Å². The molecule has 0 amide bonds. The molecule has 1 rings (SSSR count). The van der Waals surface area contributed by atoms with Crippen LogP contribution in [0.4, 0.5) is 0 Å². The van der Waals surface area contributed by atoms with E-state index in [1.807, 2.05) is 0 Å². The quantitative estimate of drug-likeness (QED) is 0.582. The minimum absolute atomic E-state index is 0.199. The molecule has 0 saturated carbocycles. The Morgan fingerprint density at radius 3 is 3.15 bits per heavy atom. The van der Waals surface area contributed by atoms with Crippen molar-refractivity contribution in [2.75, 3.05) is 12.4 Å². The molecule has 1 heterocycles. The summed E-state index contributed by atoms with van der Waals surface area (Å²) in [5.74, 6) is 0.832.